The fourth-order valence-corrected chi connectivity index (χ4v) is 4.37. The second kappa shape index (κ2) is 9.37. The van der Waals surface area contributed by atoms with Crippen molar-refractivity contribution in [3.63, 3.8) is 0 Å². The number of anilines is 1. The lowest BCUT2D eigenvalue weighted by Crippen LogP contribution is -2.49. The third-order valence-corrected chi connectivity index (χ3v) is 6.33. The lowest BCUT2D eigenvalue weighted by molar-refractivity contribution is -0.120. The number of carbonyl (C=O) groups excluding carboxylic acids is 2. The lowest BCUT2D eigenvalue weighted by Gasteiger charge is -2.20. The van der Waals surface area contributed by atoms with E-state index in [2.05, 4.69) is 39.7 Å². The van der Waals surface area contributed by atoms with E-state index in [0.717, 1.165) is 34.6 Å². The molecule has 8 nitrogen and oxygen atoms in total. The van der Waals surface area contributed by atoms with Crippen molar-refractivity contribution in [1.29, 1.82) is 0 Å². The highest BCUT2D eigenvalue weighted by atomic mass is 16.5. The Morgan fingerprint density at radius 2 is 1.89 bits per heavy atom. The molecule has 3 heterocycles. The molecule has 2 aliphatic heterocycles. The number of hydrogen-bond acceptors (Lipinski definition) is 5. The van der Waals surface area contributed by atoms with Crippen LogP contribution in [0.25, 0.3) is 0 Å². The molecule has 0 bridgehead atoms. The number of likely N-dealkylation sites (N-methyl/N-ethyl adjacent to an activating group) is 1. The summed E-state index contributed by atoms with van der Waals surface area (Å²) in [7, 11) is 3.50. The van der Waals surface area contributed by atoms with Gasteiger partial charge in [-0.15, -0.1) is 0 Å². The second-order valence-corrected chi connectivity index (χ2v) is 9.01. The summed E-state index contributed by atoms with van der Waals surface area (Å²) in [5.74, 6) is -0.0363. The topological polar surface area (TPSA) is 88.8 Å². The first kappa shape index (κ1) is 24.2. The molecule has 0 radical (unpaired) electrons. The third kappa shape index (κ3) is 4.69. The molecular formula is C27H31N5O3. The molecule has 1 atom stereocenters. The van der Waals surface area contributed by atoms with Crippen molar-refractivity contribution >= 4 is 28.9 Å². The molecule has 0 aliphatic carbocycles. The number of fused-ring (bicyclic) bond motifs is 2. The highest BCUT2D eigenvalue weighted by molar-refractivity contribution is 6.03. The van der Waals surface area contributed by atoms with Crippen molar-refractivity contribution in [3.8, 4) is 5.75 Å². The van der Waals surface area contributed by atoms with Gasteiger partial charge in [0, 0.05) is 38.3 Å². The summed E-state index contributed by atoms with van der Waals surface area (Å²) in [6.45, 7) is 4.08. The molecule has 2 aliphatic rings. The molecule has 2 aromatic carbocycles. The Morgan fingerprint density at radius 3 is 2.63 bits per heavy atom. The number of aryl methyl sites for hydroxylation is 2. The standard InChI is InChI=1S/C26H27N5O3.CH4/c1-15-5-7-17(8-6-15)10-19-12-21(29-31(19)4)25(32)28-22-14-34-24-11-18-9-16(2)27-20(18)13-23(24)30(3)26(22)33;/h5-8,11-13,22H,9-10,14H2,1-4H3,(H,28,32);1H4/t22-;/m0./s1. The lowest BCUT2D eigenvalue weighted by atomic mass is 10.1. The minimum absolute atomic E-state index is 0. The smallest absolute Gasteiger partial charge is 0.272 e. The number of nitrogens with one attached hydrogen (secondary N) is 1. The van der Waals surface area contributed by atoms with E-state index in [4.69, 9.17) is 4.74 Å². The summed E-state index contributed by atoms with van der Waals surface area (Å²) in [5.41, 5.74) is 7.13. The van der Waals surface area contributed by atoms with Crippen molar-refractivity contribution in [2.45, 2.75) is 40.2 Å². The highest BCUT2D eigenvalue weighted by Crippen LogP contribution is 2.39. The number of carbonyl (C=O) groups is 2. The fourth-order valence-electron chi connectivity index (χ4n) is 4.37. The van der Waals surface area contributed by atoms with Crippen LogP contribution in [0.15, 0.2) is 47.5 Å². The molecule has 3 aromatic rings. The van der Waals surface area contributed by atoms with E-state index >= 15 is 0 Å². The van der Waals surface area contributed by atoms with Crippen LogP contribution in [0.5, 0.6) is 5.75 Å². The molecule has 2 amide bonds. The number of amides is 2. The third-order valence-electron chi connectivity index (χ3n) is 6.33. The monoisotopic (exact) mass is 473 g/mol. The van der Waals surface area contributed by atoms with Crippen molar-refractivity contribution in [2.75, 3.05) is 18.6 Å². The van der Waals surface area contributed by atoms with Gasteiger partial charge in [-0.2, -0.15) is 5.10 Å². The van der Waals surface area contributed by atoms with E-state index in [9.17, 15) is 9.59 Å². The summed E-state index contributed by atoms with van der Waals surface area (Å²) in [5, 5.41) is 7.18. The Bertz CT molecular complexity index is 1320. The molecule has 1 N–H and O–H groups in total. The second-order valence-electron chi connectivity index (χ2n) is 9.01. The van der Waals surface area contributed by atoms with Crippen LogP contribution in [0.3, 0.4) is 0 Å². The Kier molecular flexibility index (Phi) is 6.47. The van der Waals surface area contributed by atoms with Crippen LogP contribution < -0.4 is 15.0 Å². The van der Waals surface area contributed by atoms with Crippen molar-refractivity contribution < 1.29 is 14.3 Å². The molecule has 182 valence electrons. The SMILES string of the molecule is C.CC1=Nc2cc3c(cc2C1)OC[C@H](NC(=O)c1cc(Cc2ccc(C)cc2)n(C)n1)C(=O)N3C. The molecular weight excluding hydrogens is 442 g/mol. The van der Waals surface area contributed by atoms with Gasteiger partial charge in [-0.3, -0.25) is 19.3 Å². The van der Waals surface area contributed by atoms with Crippen molar-refractivity contribution in [2.24, 2.45) is 12.0 Å². The van der Waals surface area contributed by atoms with Gasteiger partial charge in [-0.1, -0.05) is 37.3 Å². The molecule has 0 saturated heterocycles. The van der Waals surface area contributed by atoms with Crippen LogP contribution in [0, 0.1) is 6.92 Å². The summed E-state index contributed by atoms with van der Waals surface area (Å²) < 4.78 is 7.66. The normalized spacial score (nSPS) is 16.5. The maximum absolute atomic E-state index is 13.1. The predicted molar refractivity (Wildman–Crippen MR) is 137 cm³/mol. The van der Waals surface area contributed by atoms with Gasteiger partial charge >= 0.3 is 0 Å². The first-order valence-electron chi connectivity index (χ1n) is 11.3. The van der Waals surface area contributed by atoms with Gasteiger partial charge in [0.05, 0.1) is 11.4 Å². The molecule has 0 fully saturated rings. The number of hydrogen-bond donors (Lipinski definition) is 1. The highest BCUT2D eigenvalue weighted by Gasteiger charge is 2.32. The minimum Gasteiger partial charge on any atom is -0.489 e. The average molecular weight is 474 g/mol. The number of aliphatic imine (C=N–C) groups is 1. The van der Waals surface area contributed by atoms with E-state index < -0.39 is 11.9 Å². The zero-order valence-corrected chi connectivity index (χ0v) is 19.8. The van der Waals surface area contributed by atoms with E-state index in [1.807, 2.05) is 33.0 Å². The van der Waals surface area contributed by atoms with E-state index in [-0.39, 0.29) is 25.6 Å². The average Bonchev–Trinajstić information content (AvgIpc) is 3.34. The first-order chi connectivity index (χ1) is 16.3. The van der Waals surface area contributed by atoms with Crippen molar-refractivity contribution in [3.05, 3.63) is 70.5 Å². The molecule has 0 spiro atoms. The van der Waals surface area contributed by atoms with Gasteiger partial charge in [0.2, 0.25) is 0 Å². The van der Waals surface area contributed by atoms with E-state index in [0.29, 0.717) is 17.9 Å². The zero-order chi connectivity index (χ0) is 24.0. The Morgan fingerprint density at radius 1 is 1.14 bits per heavy atom. The van der Waals surface area contributed by atoms with Gasteiger partial charge in [0.1, 0.15) is 24.1 Å². The molecule has 35 heavy (non-hydrogen) atoms. The Hall–Kier alpha value is -3.94. The van der Waals surface area contributed by atoms with Crippen LogP contribution in [0.1, 0.15) is 47.2 Å². The van der Waals surface area contributed by atoms with Crippen LogP contribution in [0.4, 0.5) is 11.4 Å². The number of nitrogens with zero attached hydrogens (tertiary/aromatic N) is 4. The van der Waals surface area contributed by atoms with Gasteiger partial charge in [-0.25, -0.2) is 0 Å². The Labute approximate surface area is 205 Å². The zero-order valence-electron chi connectivity index (χ0n) is 19.8. The summed E-state index contributed by atoms with van der Waals surface area (Å²) >= 11 is 0. The first-order valence-corrected chi connectivity index (χ1v) is 11.3. The quantitative estimate of drug-likeness (QED) is 0.625. The summed E-state index contributed by atoms with van der Waals surface area (Å²) in [6, 6.07) is 13.0. The Balaban J connectivity index is 0.00000289. The van der Waals surface area contributed by atoms with Gasteiger partial charge in [0.15, 0.2) is 0 Å². The molecule has 5 rings (SSSR count). The maximum atomic E-state index is 13.1. The molecule has 1 aromatic heterocycles. The van der Waals surface area contributed by atoms with Crippen LogP contribution in [0.2, 0.25) is 0 Å². The van der Waals surface area contributed by atoms with E-state index in [1.54, 1.807) is 17.8 Å². The minimum atomic E-state index is -0.826. The van der Waals surface area contributed by atoms with Crippen molar-refractivity contribution in [1.82, 2.24) is 15.1 Å². The van der Waals surface area contributed by atoms with Crippen LogP contribution >= 0.6 is 0 Å². The number of benzene rings is 2. The van der Waals surface area contributed by atoms with Crippen LogP contribution in [-0.2, 0) is 24.7 Å². The molecule has 0 saturated carbocycles. The summed E-state index contributed by atoms with van der Waals surface area (Å²) in [6.07, 6.45) is 1.43. The van der Waals surface area contributed by atoms with Crippen LogP contribution in [-0.4, -0.2) is 47.0 Å². The fraction of sp³-hybridized carbons (Fsp3) is 0.333. The summed E-state index contributed by atoms with van der Waals surface area (Å²) in [4.78, 5) is 32.2. The van der Waals surface area contributed by atoms with Gasteiger partial charge in [-0.05, 0) is 43.2 Å². The number of ether oxygens (including phenoxy) is 1. The predicted octanol–water partition coefficient (Wildman–Crippen LogP) is 3.76. The number of rotatable bonds is 4. The maximum Gasteiger partial charge on any atom is 0.272 e. The molecule has 8 heteroatoms. The van der Waals surface area contributed by atoms with Gasteiger partial charge < -0.3 is 15.0 Å². The molecule has 0 unspecified atom stereocenters. The van der Waals surface area contributed by atoms with E-state index in [1.165, 1.54) is 10.5 Å². The number of aromatic nitrogens is 2. The largest absolute Gasteiger partial charge is 0.489 e. The van der Waals surface area contributed by atoms with Gasteiger partial charge in [0.25, 0.3) is 11.8 Å².